The fourth-order valence-electron chi connectivity index (χ4n) is 2.38. The Kier molecular flexibility index (Phi) is 6.56. The first kappa shape index (κ1) is 15.7. The van der Waals surface area contributed by atoms with Gasteiger partial charge in [0, 0.05) is 25.7 Å². The summed E-state index contributed by atoms with van der Waals surface area (Å²) in [4.78, 5) is 25.3. The van der Waals surface area contributed by atoms with E-state index in [1.807, 2.05) is 13.0 Å². The van der Waals surface area contributed by atoms with Crippen molar-refractivity contribution in [3.63, 3.8) is 0 Å². The van der Waals surface area contributed by atoms with E-state index in [9.17, 15) is 9.59 Å². The summed E-state index contributed by atoms with van der Waals surface area (Å²) < 4.78 is 4.73. The number of ether oxygens (including phenoxy) is 1. The maximum absolute atomic E-state index is 11.6. The molecule has 0 radical (unpaired) electrons. The third-order valence-corrected chi connectivity index (χ3v) is 3.55. The summed E-state index contributed by atoms with van der Waals surface area (Å²) in [6.45, 7) is 4.37. The molecule has 0 saturated carbocycles. The molecule has 1 aliphatic heterocycles. The highest BCUT2D eigenvalue weighted by Crippen LogP contribution is 2.16. The Morgan fingerprint density at radius 1 is 1.47 bits per heavy atom. The van der Waals surface area contributed by atoms with Crippen molar-refractivity contribution in [3.05, 3.63) is 11.6 Å². The lowest BCUT2D eigenvalue weighted by Crippen LogP contribution is -2.42. The number of esters is 1. The average Bonchev–Trinajstić information content (AvgIpc) is 2.46. The Hall–Kier alpha value is -1.36. The number of piperidine rings is 1. The minimum absolute atomic E-state index is 0.0651. The van der Waals surface area contributed by atoms with Crippen molar-refractivity contribution in [2.45, 2.75) is 26.2 Å². The summed E-state index contributed by atoms with van der Waals surface area (Å²) in [5, 5.41) is 2.70. The molecular weight excluding hydrogens is 244 g/mol. The zero-order valence-corrected chi connectivity index (χ0v) is 12.1. The molecule has 1 fully saturated rings. The van der Waals surface area contributed by atoms with Crippen molar-refractivity contribution in [2.24, 2.45) is 5.92 Å². The molecule has 108 valence electrons. The van der Waals surface area contributed by atoms with Crippen LogP contribution in [0.25, 0.3) is 0 Å². The molecule has 0 aliphatic carbocycles. The molecule has 1 N–H and O–H groups in total. The molecule has 0 bridgehead atoms. The molecule has 1 heterocycles. The van der Waals surface area contributed by atoms with Crippen LogP contribution in [0.2, 0.25) is 0 Å². The third-order valence-electron chi connectivity index (χ3n) is 3.55. The summed E-state index contributed by atoms with van der Waals surface area (Å²) >= 11 is 0. The topological polar surface area (TPSA) is 58.6 Å². The van der Waals surface area contributed by atoms with Gasteiger partial charge in [-0.05, 0) is 25.8 Å². The first-order valence-electron chi connectivity index (χ1n) is 6.83. The zero-order chi connectivity index (χ0) is 14.3. The van der Waals surface area contributed by atoms with E-state index in [1.54, 1.807) is 7.05 Å². The Labute approximate surface area is 115 Å². The second-order valence-corrected chi connectivity index (χ2v) is 4.79. The average molecular weight is 268 g/mol. The van der Waals surface area contributed by atoms with E-state index < -0.39 is 0 Å². The van der Waals surface area contributed by atoms with Gasteiger partial charge in [-0.15, -0.1) is 0 Å². The normalized spacial score (nSPS) is 21.0. The number of carbonyl (C=O) groups excluding carboxylic acids is 2. The van der Waals surface area contributed by atoms with E-state index in [2.05, 4.69) is 10.2 Å². The van der Waals surface area contributed by atoms with Crippen LogP contribution in [-0.2, 0) is 14.3 Å². The Morgan fingerprint density at radius 2 is 2.21 bits per heavy atom. The fourth-order valence-corrected chi connectivity index (χ4v) is 2.38. The molecule has 5 nitrogen and oxygen atoms in total. The van der Waals surface area contributed by atoms with Crippen LogP contribution in [0.3, 0.4) is 0 Å². The summed E-state index contributed by atoms with van der Waals surface area (Å²) in [5.74, 6) is -0.0879. The highest BCUT2D eigenvalue weighted by molar-refractivity contribution is 5.88. The number of hydrogen-bond donors (Lipinski definition) is 1. The van der Waals surface area contributed by atoms with Crippen molar-refractivity contribution in [2.75, 3.05) is 33.8 Å². The van der Waals surface area contributed by atoms with Crippen molar-refractivity contribution in [1.82, 2.24) is 10.2 Å². The van der Waals surface area contributed by atoms with Crippen LogP contribution in [0.1, 0.15) is 26.2 Å². The quantitative estimate of drug-likeness (QED) is 0.596. The van der Waals surface area contributed by atoms with Crippen LogP contribution in [0.4, 0.5) is 0 Å². The number of methoxy groups -OCH3 is 1. The maximum Gasteiger partial charge on any atom is 0.333 e. The standard InChI is InChI=1S/C14H24N2O3/c1-4-11(14(18)19-3)7-9-16-8-5-6-12(10-16)13(17)15-2/h7,12H,4-6,8-10H2,1-3H3,(H,15,17). The van der Waals surface area contributed by atoms with E-state index in [0.29, 0.717) is 18.5 Å². The number of nitrogens with zero attached hydrogens (tertiary/aromatic N) is 1. The Bertz CT molecular complexity index is 353. The molecule has 0 aromatic heterocycles. The van der Waals surface area contributed by atoms with Gasteiger partial charge in [-0.2, -0.15) is 0 Å². The number of amides is 1. The number of carbonyl (C=O) groups is 2. The van der Waals surface area contributed by atoms with Gasteiger partial charge >= 0.3 is 5.97 Å². The van der Waals surface area contributed by atoms with Crippen molar-refractivity contribution < 1.29 is 14.3 Å². The molecule has 0 spiro atoms. The van der Waals surface area contributed by atoms with Crippen LogP contribution in [0.5, 0.6) is 0 Å². The van der Waals surface area contributed by atoms with Crippen LogP contribution < -0.4 is 5.32 Å². The molecule has 5 heteroatoms. The largest absolute Gasteiger partial charge is 0.466 e. The number of hydrogen-bond acceptors (Lipinski definition) is 4. The summed E-state index contributed by atoms with van der Waals surface area (Å²) in [7, 11) is 3.07. The molecule has 1 rings (SSSR count). The third kappa shape index (κ3) is 4.67. The van der Waals surface area contributed by atoms with Gasteiger partial charge in [0.1, 0.15) is 0 Å². The van der Waals surface area contributed by atoms with Crippen LogP contribution in [0, 0.1) is 5.92 Å². The number of nitrogens with one attached hydrogen (secondary N) is 1. The van der Waals surface area contributed by atoms with Gasteiger partial charge < -0.3 is 10.1 Å². The van der Waals surface area contributed by atoms with Gasteiger partial charge in [-0.1, -0.05) is 13.0 Å². The van der Waals surface area contributed by atoms with E-state index in [-0.39, 0.29) is 17.8 Å². The molecule has 1 aliphatic rings. The lowest BCUT2D eigenvalue weighted by Gasteiger charge is -2.31. The molecule has 1 unspecified atom stereocenters. The molecule has 0 aromatic rings. The van der Waals surface area contributed by atoms with Crippen LogP contribution in [0.15, 0.2) is 11.6 Å². The van der Waals surface area contributed by atoms with E-state index in [1.165, 1.54) is 7.11 Å². The molecule has 1 atom stereocenters. The first-order valence-corrected chi connectivity index (χ1v) is 6.83. The lowest BCUT2D eigenvalue weighted by molar-refractivity contribution is -0.136. The van der Waals surface area contributed by atoms with Crippen LogP contribution in [-0.4, -0.2) is 50.6 Å². The van der Waals surface area contributed by atoms with E-state index >= 15 is 0 Å². The molecule has 19 heavy (non-hydrogen) atoms. The SMILES string of the molecule is CCC(=CCN1CCCC(C(=O)NC)C1)C(=O)OC. The lowest BCUT2D eigenvalue weighted by atomic mass is 9.97. The molecule has 1 saturated heterocycles. The van der Waals surface area contributed by atoms with E-state index in [4.69, 9.17) is 4.74 Å². The fraction of sp³-hybridized carbons (Fsp3) is 0.714. The highest BCUT2D eigenvalue weighted by atomic mass is 16.5. The predicted molar refractivity (Wildman–Crippen MR) is 73.6 cm³/mol. The smallest absolute Gasteiger partial charge is 0.333 e. The van der Waals surface area contributed by atoms with Gasteiger partial charge in [0.15, 0.2) is 0 Å². The minimum atomic E-state index is -0.262. The van der Waals surface area contributed by atoms with Gasteiger partial charge in [0.2, 0.25) is 5.91 Å². The predicted octanol–water partition coefficient (Wildman–Crippen LogP) is 0.954. The van der Waals surface area contributed by atoms with E-state index in [0.717, 1.165) is 25.9 Å². The zero-order valence-electron chi connectivity index (χ0n) is 12.1. The molecule has 0 aromatic carbocycles. The van der Waals surface area contributed by atoms with Gasteiger partial charge in [0.05, 0.1) is 13.0 Å². The second kappa shape index (κ2) is 7.94. The van der Waals surface area contributed by atoms with Crippen molar-refractivity contribution in [3.8, 4) is 0 Å². The second-order valence-electron chi connectivity index (χ2n) is 4.79. The summed E-state index contributed by atoms with van der Waals surface area (Å²) in [5.41, 5.74) is 0.699. The van der Waals surface area contributed by atoms with Crippen LogP contribution >= 0.6 is 0 Å². The summed E-state index contributed by atoms with van der Waals surface area (Å²) in [6.07, 6.45) is 4.54. The molecular formula is C14H24N2O3. The van der Waals surface area contributed by atoms with Crippen molar-refractivity contribution >= 4 is 11.9 Å². The van der Waals surface area contributed by atoms with Crippen molar-refractivity contribution in [1.29, 1.82) is 0 Å². The monoisotopic (exact) mass is 268 g/mol. The summed E-state index contributed by atoms with van der Waals surface area (Å²) in [6, 6.07) is 0. The van der Waals surface area contributed by atoms with Gasteiger partial charge in [-0.25, -0.2) is 4.79 Å². The Balaban J connectivity index is 2.54. The Morgan fingerprint density at radius 3 is 2.79 bits per heavy atom. The van der Waals surface area contributed by atoms with Gasteiger partial charge in [0.25, 0.3) is 0 Å². The molecule has 1 amide bonds. The minimum Gasteiger partial charge on any atom is -0.466 e. The maximum atomic E-state index is 11.6. The van der Waals surface area contributed by atoms with Gasteiger partial charge in [-0.3, -0.25) is 9.69 Å². The first-order chi connectivity index (χ1) is 9.12. The highest BCUT2D eigenvalue weighted by Gasteiger charge is 2.24. The number of rotatable bonds is 5. The number of likely N-dealkylation sites (tertiary alicyclic amines) is 1.